The molecule has 1 fully saturated rings. The molecule has 1 aromatic carbocycles. The molecule has 1 heterocycles. The van der Waals surface area contributed by atoms with E-state index in [1.54, 1.807) is 0 Å². The number of carbonyl (C=O) groups is 1. The van der Waals surface area contributed by atoms with Crippen molar-refractivity contribution in [3.05, 3.63) is 29.8 Å². The fraction of sp³-hybridized carbons (Fsp3) is 0.417. The lowest BCUT2D eigenvalue weighted by molar-refractivity contribution is -0.121. The summed E-state index contributed by atoms with van der Waals surface area (Å²) in [5.41, 5.74) is 2.18. The summed E-state index contributed by atoms with van der Waals surface area (Å²) in [6.07, 6.45) is 1.03. The Kier molecular flexibility index (Phi) is 3.02. The first kappa shape index (κ1) is 10.2. The lowest BCUT2D eigenvalue weighted by atomic mass is 10.0. The van der Waals surface area contributed by atoms with Crippen LogP contribution in [0.2, 0.25) is 0 Å². The summed E-state index contributed by atoms with van der Waals surface area (Å²) in [6, 6.07) is 8.02. The van der Waals surface area contributed by atoms with E-state index in [2.05, 4.69) is 29.7 Å². The van der Waals surface area contributed by atoms with Gasteiger partial charge in [0.15, 0.2) is 0 Å². The van der Waals surface area contributed by atoms with Crippen LogP contribution >= 0.6 is 0 Å². The second-order valence-corrected chi connectivity index (χ2v) is 3.89. The number of rotatable bonds is 3. The Balaban J connectivity index is 1.94. The molecule has 2 rings (SSSR count). The summed E-state index contributed by atoms with van der Waals surface area (Å²) in [6.45, 7) is 3.73. The van der Waals surface area contributed by atoms with Crippen molar-refractivity contribution in [2.75, 3.05) is 18.4 Å². The van der Waals surface area contributed by atoms with Crippen LogP contribution in [0.15, 0.2) is 24.3 Å². The van der Waals surface area contributed by atoms with Gasteiger partial charge in [0.25, 0.3) is 0 Å². The van der Waals surface area contributed by atoms with E-state index in [0.717, 1.165) is 25.2 Å². The van der Waals surface area contributed by atoms with Crippen molar-refractivity contribution < 1.29 is 4.79 Å². The molecule has 0 spiro atoms. The number of amides is 1. The second kappa shape index (κ2) is 4.45. The van der Waals surface area contributed by atoms with Crippen LogP contribution < -0.4 is 10.6 Å². The molecule has 1 aliphatic heterocycles. The Hall–Kier alpha value is -1.35. The maximum atomic E-state index is 11.6. The monoisotopic (exact) mass is 204 g/mol. The molecule has 80 valence electrons. The maximum Gasteiger partial charge on any atom is 0.230 e. The van der Waals surface area contributed by atoms with Gasteiger partial charge in [-0.25, -0.2) is 0 Å². The van der Waals surface area contributed by atoms with Crippen molar-refractivity contribution in [3.63, 3.8) is 0 Å². The van der Waals surface area contributed by atoms with Crippen LogP contribution in [0.5, 0.6) is 0 Å². The minimum atomic E-state index is 0.123. The quantitative estimate of drug-likeness (QED) is 0.781. The van der Waals surface area contributed by atoms with Gasteiger partial charge in [0.05, 0.1) is 5.92 Å². The smallest absolute Gasteiger partial charge is 0.230 e. The minimum absolute atomic E-state index is 0.123. The molecule has 1 saturated heterocycles. The van der Waals surface area contributed by atoms with Gasteiger partial charge in [0.2, 0.25) is 5.91 Å². The first-order chi connectivity index (χ1) is 7.29. The van der Waals surface area contributed by atoms with Crippen LogP contribution in [-0.2, 0) is 11.2 Å². The molecule has 15 heavy (non-hydrogen) atoms. The highest BCUT2D eigenvalue weighted by Crippen LogP contribution is 2.12. The molecule has 1 aromatic rings. The number of hydrogen-bond donors (Lipinski definition) is 2. The lowest BCUT2D eigenvalue weighted by Crippen LogP contribution is -2.48. The van der Waals surface area contributed by atoms with Gasteiger partial charge in [0.1, 0.15) is 0 Å². The topological polar surface area (TPSA) is 41.1 Å². The molecular formula is C12H16N2O. The molecule has 0 radical (unpaired) electrons. The average molecular weight is 204 g/mol. The lowest BCUT2D eigenvalue weighted by Gasteiger charge is -2.25. The number of anilines is 1. The number of carbonyl (C=O) groups excluding carboxylic acids is 1. The number of benzene rings is 1. The van der Waals surface area contributed by atoms with E-state index < -0.39 is 0 Å². The molecule has 0 atom stereocenters. The fourth-order valence-corrected chi connectivity index (χ4v) is 1.54. The number of nitrogens with one attached hydrogen (secondary N) is 2. The van der Waals surface area contributed by atoms with Gasteiger partial charge in [0, 0.05) is 18.8 Å². The van der Waals surface area contributed by atoms with Crippen LogP contribution in [0.1, 0.15) is 12.5 Å². The number of hydrogen-bond acceptors (Lipinski definition) is 2. The Morgan fingerprint density at radius 1 is 1.40 bits per heavy atom. The van der Waals surface area contributed by atoms with Crippen molar-refractivity contribution in [2.24, 2.45) is 5.92 Å². The predicted octanol–water partition coefficient (Wildman–Crippen LogP) is 1.41. The first-order valence-corrected chi connectivity index (χ1v) is 5.40. The third kappa shape index (κ3) is 2.36. The number of aryl methyl sites for hydroxylation is 1. The zero-order valence-electron chi connectivity index (χ0n) is 8.92. The molecule has 0 saturated carbocycles. The molecule has 0 aliphatic carbocycles. The zero-order chi connectivity index (χ0) is 10.7. The van der Waals surface area contributed by atoms with Crippen molar-refractivity contribution in [1.29, 1.82) is 0 Å². The first-order valence-electron chi connectivity index (χ1n) is 5.40. The summed E-state index contributed by atoms with van der Waals surface area (Å²) >= 11 is 0. The largest absolute Gasteiger partial charge is 0.326 e. The van der Waals surface area contributed by atoms with Gasteiger partial charge in [-0.3, -0.25) is 4.79 Å². The maximum absolute atomic E-state index is 11.6. The van der Waals surface area contributed by atoms with Gasteiger partial charge in [-0.2, -0.15) is 0 Å². The molecule has 0 bridgehead atoms. The van der Waals surface area contributed by atoms with E-state index in [4.69, 9.17) is 0 Å². The Labute approximate surface area is 89.9 Å². The minimum Gasteiger partial charge on any atom is -0.326 e. The third-order valence-corrected chi connectivity index (χ3v) is 2.78. The molecule has 0 unspecified atom stereocenters. The molecular weight excluding hydrogens is 188 g/mol. The van der Waals surface area contributed by atoms with E-state index in [1.807, 2.05) is 12.1 Å². The zero-order valence-corrected chi connectivity index (χ0v) is 8.92. The highest BCUT2D eigenvalue weighted by Gasteiger charge is 2.24. The Morgan fingerprint density at radius 2 is 2.07 bits per heavy atom. The van der Waals surface area contributed by atoms with E-state index in [-0.39, 0.29) is 11.8 Å². The van der Waals surface area contributed by atoms with Crippen molar-refractivity contribution >= 4 is 11.6 Å². The van der Waals surface area contributed by atoms with Gasteiger partial charge in [-0.05, 0) is 24.1 Å². The molecule has 0 aromatic heterocycles. The highest BCUT2D eigenvalue weighted by molar-refractivity contribution is 5.93. The van der Waals surface area contributed by atoms with Crippen molar-refractivity contribution in [1.82, 2.24) is 5.32 Å². The normalized spacial score (nSPS) is 15.8. The molecule has 1 amide bonds. The third-order valence-electron chi connectivity index (χ3n) is 2.78. The Bertz CT molecular complexity index is 341. The molecule has 3 nitrogen and oxygen atoms in total. The van der Waals surface area contributed by atoms with Crippen LogP contribution in [0.4, 0.5) is 5.69 Å². The second-order valence-electron chi connectivity index (χ2n) is 3.89. The summed E-state index contributed by atoms with van der Waals surface area (Å²) in [7, 11) is 0. The van der Waals surface area contributed by atoms with Gasteiger partial charge >= 0.3 is 0 Å². The van der Waals surface area contributed by atoms with Crippen LogP contribution in [0.25, 0.3) is 0 Å². The SMILES string of the molecule is CCc1ccc(NC(=O)C2CNC2)cc1. The summed E-state index contributed by atoms with van der Waals surface area (Å²) in [4.78, 5) is 11.6. The molecule has 3 heteroatoms. The standard InChI is InChI=1S/C12H16N2O/c1-2-9-3-5-11(6-4-9)14-12(15)10-7-13-8-10/h3-6,10,13H,2,7-8H2,1H3,(H,14,15). The summed E-state index contributed by atoms with van der Waals surface area (Å²) in [5, 5.41) is 6.00. The van der Waals surface area contributed by atoms with E-state index in [9.17, 15) is 4.79 Å². The predicted molar refractivity (Wildman–Crippen MR) is 60.8 cm³/mol. The highest BCUT2D eigenvalue weighted by atomic mass is 16.2. The van der Waals surface area contributed by atoms with E-state index >= 15 is 0 Å². The van der Waals surface area contributed by atoms with Gasteiger partial charge < -0.3 is 10.6 Å². The Morgan fingerprint density at radius 3 is 2.53 bits per heavy atom. The van der Waals surface area contributed by atoms with E-state index in [1.165, 1.54) is 5.56 Å². The van der Waals surface area contributed by atoms with Crippen LogP contribution in [0.3, 0.4) is 0 Å². The fourth-order valence-electron chi connectivity index (χ4n) is 1.54. The van der Waals surface area contributed by atoms with Crippen LogP contribution in [-0.4, -0.2) is 19.0 Å². The molecule has 1 aliphatic rings. The van der Waals surface area contributed by atoms with Crippen molar-refractivity contribution in [3.8, 4) is 0 Å². The molecule has 2 N–H and O–H groups in total. The summed E-state index contributed by atoms with van der Waals surface area (Å²) < 4.78 is 0. The van der Waals surface area contributed by atoms with E-state index in [0.29, 0.717) is 0 Å². The average Bonchev–Trinajstić information content (AvgIpc) is 2.16. The summed E-state index contributed by atoms with van der Waals surface area (Å²) in [5.74, 6) is 0.272. The van der Waals surface area contributed by atoms with Crippen molar-refractivity contribution in [2.45, 2.75) is 13.3 Å². The van der Waals surface area contributed by atoms with Gasteiger partial charge in [-0.15, -0.1) is 0 Å². The van der Waals surface area contributed by atoms with Crippen LogP contribution in [0, 0.1) is 5.92 Å². The van der Waals surface area contributed by atoms with Gasteiger partial charge in [-0.1, -0.05) is 19.1 Å².